The van der Waals surface area contributed by atoms with Gasteiger partial charge in [-0.2, -0.15) is 0 Å². The molecule has 2 aromatic rings. The van der Waals surface area contributed by atoms with Gasteiger partial charge in [0.25, 0.3) is 5.91 Å². The Hall–Kier alpha value is -3.09. The number of piperazine rings is 1. The third-order valence-electron chi connectivity index (χ3n) is 4.43. The van der Waals surface area contributed by atoms with Crippen molar-refractivity contribution in [3.63, 3.8) is 0 Å². The van der Waals surface area contributed by atoms with Gasteiger partial charge in [-0.25, -0.2) is 0 Å². The molecule has 1 fully saturated rings. The summed E-state index contributed by atoms with van der Waals surface area (Å²) in [5.41, 5.74) is 0.933. The van der Waals surface area contributed by atoms with Crippen LogP contribution in [0, 0.1) is 0 Å². The first-order chi connectivity index (χ1) is 12.6. The van der Waals surface area contributed by atoms with Crippen LogP contribution in [0.2, 0.25) is 0 Å². The van der Waals surface area contributed by atoms with Gasteiger partial charge in [0.2, 0.25) is 0 Å². The Bertz CT molecular complexity index is 765. The van der Waals surface area contributed by atoms with Crippen LogP contribution in [0.5, 0.6) is 0 Å². The van der Waals surface area contributed by atoms with Crippen molar-refractivity contribution in [3.8, 4) is 0 Å². The fraction of sp³-hybridized carbons (Fsp3) is 0.316. The minimum atomic E-state index is -0.632. The Kier molecular flexibility index (Phi) is 5.36. The summed E-state index contributed by atoms with van der Waals surface area (Å²) in [5, 5.41) is 2.72. The Morgan fingerprint density at radius 2 is 1.62 bits per heavy atom. The third-order valence-corrected chi connectivity index (χ3v) is 4.43. The normalized spacial score (nSPS) is 15.4. The van der Waals surface area contributed by atoms with Crippen LogP contribution in [0.25, 0.3) is 0 Å². The Labute approximate surface area is 151 Å². The summed E-state index contributed by atoms with van der Waals surface area (Å²) in [6.07, 6.45) is 1.45. The zero-order valence-corrected chi connectivity index (χ0v) is 14.6. The van der Waals surface area contributed by atoms with Gasteiger partial charge in [-0.1, -0.05) is 30.3 Å². The molecule has 136 valence electrons. The van der Waals surface area contributed by atoms with Gasteiger partial charge in [0.15, 0.2) is 5.76 Å². The van der Waals surface area contributed by atoms with E-state index in [4.69, 9.17) is 4.42 Å². The molecule has 0 saturated carbocycles. The molecule has 1 aliphatic rings. The maximum Gasteiger partial charge on any atom is 0.312 e. The molecule has 1 aromatic heterocycles. The Morgan fingerprint density at radius 3 is 2.23 bits per heavy atom. The third kappa shape index (κ3) is 3.93. The molecule has 1 aliphatic heterocycles. The fourth-order valence-electron chi connectivity index (χ4n) is 2.90. The number of hydrogen-bond acceptors (Lipinski definition) is 4. The first kappa shape index (κ1) is 17.7. The molecule has 3 rings (SSSR count). The van der Waals surface area contributed by atoms with Crippen LogP contribution < -0.4 is 5.32 Å². The number of nitrogens with zero attached hydrogens (tertiary/aromatic N) is 2. The number of furan rings is 1. The number of carbonyl (C=O) groups excluding carboxylic acids is 3. The van der Waals surface area contributed by atoms with Gasteiger partial charge < -0.3 is 19.5 Å². The van der Waals surface area contributed by atoms with E-state index in [1.807, 2.05) is 37.3 Å². The van der Waals surface area contributed by atoms with E-state index in [1.54, 1.807) is 17.0 Å². The molecule has 0 radical (unpaired) electrons. The van der Waals surface area contributed by atoms with Crippen molar-refractivity contribution in [1.29, 1.82) is 0 Å². The molecule has 0 bridgehead atoms. The van der Waals surface area contributed by atoms with E-state index in [0.29, 0.717) is 26.2 Å². The topological polar surface area (TPSA) is 82.9 Å². The lowest BCUT2D eigenvalue weighted by Crippen LogP contribution is -2.54. The zero-order valence-electron chi connectivity index (χ0n) is 14.6. The van der Waals surface area contributed by atoms with E-state index >= 15 is 0 Å². The van der Waals surface area contributed by atoms with Crippen molar-refractivity contribution in [2.45, 2.75) is 13.0 Å². The molecule has 0 aliphatic carbocycles. The van der Waals surface area contributed by atoms with Crippen molar-refractivity contribution in [3.05, 3.63) is 60.1 Å². The van der Waals surface area contributed by atoms with Crippen molar-refractivity contribution >= 4 is 17.7 Å². The minimum Gasteiger partial charge on any atom is -0.459 e. The summed E-state index contributed by atoms with van der Waals surface area (Å²) < 4.78 is 5.11. The maximum atomic E-state index is 12.4. The maximum absolute atomic E-state index is 12.4. The van der Waals surface area contributed by atoms with Crippen LogP contribution in [0.4, 0.5) is 0 Å². The van der Waals surface area contributed by atoms with E-state index in [0.717, 1.165) is 5.56 Å². The van der Waals surface area contributed by atoms with Crippen LogP contribution in [0.15, 0.2) is 53.1 Å². The second-order valence-electron chi connectivity index (χ2n) is 6.17. The summed E-state index contributed by atoms with van der Waals surface area (Å²) >= 11 is 0. The molecule has 7 nitrogen and oxygen atoms in total. The molecule has 1 atom stereocenters. The SMILES string of the molecule is CC(NC(=O)C(=O)N1CCN(C(=O)c2ccco2)CC1)c1ccccc1. The van der Waals surface area contributed by atoms with Gasteiger partial charge in [-0.15, -0.1) is 0 Å². The van der Waals surface area contributed by atoms with Gasteiger partial charge in [0, 0.05) is 26.2 Å². The molecule has 1 N–H and O–H groups in total. The van der Waals surface area contributed by atoms with Crippen LogP contribution in [0.1, 0.15) is 29.1 Å². The van der Waals surface area contributed by atoms with Crippen molar-refractivity contribution in [2.75, 3.05) is 26.2 Å². The largest absolute Gasteiger partial charge is 0.459 e. The summed E-state index contributed by atoms with van der Waals surface area (Å²) in [6, 6.07) is 12.5. The number of nitrogens with one attached hydrogen (secondary N) is 1. The minimum absolute atomic E-state index is 0.204. The van der Waals surface area contributed by atoms with Crippen LogP contribution >= 0.6 is 0 Å². The summed E-state index contributed by atoms with van der Waals surface area (Å²) in [6.45, 7) is 3.21. The van der Waals surface area contributed by atoms with Gasteiger partial charge >= 0.3 is 11.8 Å². The van der Waals surface area contributed by atoms with E-state index in [1.165, 1.54) is 11.2 Å². The van der Waals surface area contributed by atoms with Gasteiger partial charge in [0.05, 0.1) is 12.3 Å². The number of hydrogen-bond donors (Lipinski definition) is 1. The molecule has 7 heteroatoms. The summed E-state index contributed by atoms with van der Waals surface area (Å²) in [7, 11) is 0. The Morgan fingerprint density at radius 1 is 0.962 bits per heavy atom. The predicted octanol–water partition coefficient (Wildman–Crippen LogP) is 1.44. The molecular formula is C19H21N3O4. The average Bonchev–Trinajstić information content (AvgIpc) is 3.22. The highest BCUT2D eigenvalue weighted by atomic mass is 16.3. The predicted molar refractivity (Wildman–Crippen MR) is 94.2 cm³/mol. The first-order valence-electron chi connectivity index (χ1n) is 8.54. The summed E-state index contributed by atoms with van der Waals surface area (Å²) in [5.74, 6) is -1.13. The van der Waals surface area contributed by atoms with Gasteiger partial charge in [-0.3, -0.25) is 14.4 Å². The molecular weight excluding hydrogens is 334 g/mol. The molecule has 1 aromatic carbocycles. The molecule has 0 spiro atoms. The lowest BCUT2D eigenvalue weighted by molar-refractivity contribution is -0.147. The highest BCUT2D eigenvalue weighted by molar-refractivity contribution is 6.35. The molecule has 2 heterocycles. The first-order valence-corrected chi connectivity index (χ1v) is 8.54. The van der Waals surface area contributed by atoms with Crippen LogP contribution in [0.3, 0.4) is 0 Å². The van der Waals surface area contributed by atoms with Crippen molar-refractivity contribution < 1.29 is 18.8 Å². The van der Waals surface area contributed by atoms with E-state index in [9.17, 15) is 14.4 Å². The molecule has 3 amide bonds. The number of carbonyl (C=O) groups is 3. The Balaban J connectivity index is 1.51. The smallest absolute Gasteiger partial charge is 0.312 e. The van der Waals surface area contributed by atoms with E-state index in [-0.39, 0.29) is 17.7 Å². The second-order valence-corrected chi connectivity index (χ2v) is 6.17. The van der Waals surface area contributed by atoms with E-state index in [2.05, 4.69) is 5.32 Å². The lowest BCUT2D eigenvalue weighted by atomic mass is 10.1. The van der Waals surface area contributed by atoms with Crippen LogP contribution in [-0.4, -0.2) is 53.7 Å². The fourth-order valence-corrected chi connectivity index (χ4v) is 2.90. The second kappa shape index (κ2) is 7.86. The van der Waals surface area contributed by atoms with Gasteiger partial charge in [0.1, 0.15) is 0 Å². The number of benzene rings is 1. The average molecular weight is 355 g/mol. The highest BCUT2D eigenvalue weighted by Gasteiger charge is 2.29. The molecule has 1 saturated heterocycles. The monoisotopic (exact) mass is 355 g/mol. The molecule has 1 unspecified atom stereocenters. The van der Waals surface area contributed by atoms with E-state index < -0.39 is 11.8 Å². The number of amides is 3. The lowest BCUT2D eigenvalue weighted by Gasteiger charge is -2.34. The van der Waals surface area contributed by atoms with Crippen molar-refractivity contribution in [2.24, 2.45) is 0 Å². The number of rotatable bonds is 3. The zero-order chi connectivity index (χ0) is 18.5. The standard InChI is InChI=1S/C19H21N3O4/c1-14(15-6-3-2-4-7-15)20-17(23)19(25)22-11-9-21(10-12-22)18(24)16-8-5-13-26-16/h2-8,13-14H,9-12H2,1H3,(H,20,23). The van der Waals surface area contributed by atoms with Crippen LogP contribution in [-0.2, 0) is 9.59 Å². The highest BCUT2D eigenvalue weighted by Crippen LogP contribution is 2.12. The quantitative estimate of drug-likeness (QED) is 0.845. The van der Waals surface area contributed by atoms with Gasteiger partial charge in [-0.05, 0) is 24.6 Å². The molecule has 26 heavy (non-hydrogen) atoms. The summed E-state index contributed by atoms with van der Waals surface area (Å²) in [4.78, 5) is 39.9. The van der Waals surface area contributed by atoms with Crippen molar-refractivity contribution in [1.82, 2.24) is 15.1 Å².